The molecular formula is C30H30N4O4. The molecule has 1 amide bonds. The molecule has 194 valence electrons. The fraction of sp³-hybridized carbons (Fsp3) is 0.233. The van der Waals surface area contributed by atoms with Gasteiger partial charge < -0.3 is 25.0 Å². The van der Waals surface area contributed by atoms with Gasteiger partial charge in [0.2, 0.25) is 0 Å². The molecule has 2 heterocycles. The van der Waals surface area contributed by atoms with Gasteiger partial charge >= 0.3 is 5.97 Å². The van der Waals surface area contributed by atoms with Crippen LogP contribution in [0.5, 0.6) is 5.88 Å². The molecule has 1 fully saturated rings. The summed E-state index contributed by atoms with van der Waals surface area (Å²) in [5.74, 6) is -0.516. The third kappa shape index (κ3) is 4.90. The number of esters is 1. The maximum atomic E-state index is 13.2. The molecule has 1 aliphatic rings. The zero-order chi connectivity index (χ0) is 26.8. The molecule has 3 N–H and O–H groups in total. The molecule has 5 rings (SSSR count). The van der Waals surface area contributed by atoms with E-state index in [4.69, 9.17) is 9.73 Å². The van der Waals surface area contributed by atoms with Crippen LogP contribution >= 0.6 is 0 Å². The number of aromatic nitrogens is 1. The summed E-state index contributed by atoms with van der Waals surface area (Å²) in [7, 11) is 1.33. The second-order valence-electron chi connectivity index (χ2n) is 9.59. The molecule has 4 aromatic rings. The number of fused-ring (bicyclic) bond motifs is 1. The number of aromatic amines is 1. The Labute approximate surface area is 221 Å². The van der Waals surface area contributed by atoms with Crippen LogP contribution in [0, 0.1) is 0 Å². The first-order valence-corrected chi connectivity index (χ1v) is 12.6. The number of piperazine rings is 1. The molecule has 3 aromatic carbocycles. The number of H-pyrrole nitrogens is 1. The van der Waals surface area contributed by atoms with Crippen molar-refractivity contribution in [1.29, 1.82) is 0 Å². The highest BCUT2D eigenvalue weighted by Crippen LogP contribution is 2.32. The fourth-order valence-electron chi connectivity index (χ4n) is 4.81. The number of ether oxygens (including phenoxy) is 1. The molecule has 0 saturated carbocycles. The highest BCUT2D eigenvalue weighted by molar-refractivity contribution is 6.22. The van der Waals surface area contributed by atoms with Crippen molar-refractivity contribution in [3.8, 4) is 5.88 Å². The van der Waals surface area contributed by atoms with Crippen LogP contribution in [-0.2, 0) is 4.74 Å². The molecule has 2 atom stereocenters. The van der Waals surface area contributed by atoms with Gasteiger partial charge in [-0.2, -0.15) is 0 Å². The smallest absolute Gasteiger partial charge is 0.337 e. The number of carbonyl (C=O) groups is 2. The van der Waals surface area contributed by atoms with E-state index in [1.165, 1.54) is 7.11 Å². The lowest BCUT2D eigenvalue weighted by atomic mass is 10.00. The number of aliphatic imine (C=N–C) groups is 1. The number of aromatic hydroxyl groups is 1. The topological polar surface area (TPSA) is 107 Å². The summed E-state index contributed by atoms with van der Waals surface area (Å²) < 4.78 is 4.82. The van der Waals surface area contributed by atoms with Crippen molar-refractivity contribution in [3.63, 3.8) is 0 Å². The highest BCUT2D eigenvalue weighted by atomic mass is 16.5. The van der Waals surface area contributed by atoms with Gasteiger partial charge in [-0.25, -0.2) is 9.79 Å². The predicted octanol–water partition coefficient (Wildman–Crippen LogP) is 4.65. The molecule has 38 heavy (non-hydrogen) atoms. The third-order valence-corrected chi connectivity index (χ3v) is 6.86. The van der Waals surface area contributed by atoms with Crippen molar-refractivity contribution in [2.45, 2.75) is 25.9 Å². The van der Waals surface area contributed by atoms with Crippen LogP contribution in [0.4, 0.5) is 5.69 Å². The molecule has 0 bridgehead atoms. The Morgan fingerprint density at radius 2 is 1.68 bits per heavy atom. The van der Waals surface area contributed by atoms with E-state index < -0.39 is 5.97 Å². The van der Waals surface area contributed by atoms with E-state index in [-0.39, 0.29) is 23.9 Å². The third-order valence-electron chi connectivity index (χ3n) is 6.86. The number of hydrogen-bond acceptors (Lipinski definition) is 6. The quantitative estimate of drug-likeness (QED) is 0.268. The van der Waals surface area contributed by atoms with Crippen molar-refractivity contribution in [1.82, 2.24) is 15.2 Å². The van der Waals surface area contributed by atoms with Gasteiger partial charge in [-0.1, -0.05) is 36.4 Å². The number of nitrogens with one attached hydrogen (secondary N) is 2. The van der Waals surface area contributed by atoms with Gasteiger partial charge in [0, 0.05) is 47.2 Å². The monoisotopic (exact) mass is 510 g/mol. The average Bonchev–Trinajstić information content (AvgIpc) is 3.27. The minimum Gasteiger partial charge on any atom is -0.494 e. The first kappa shape index (κ1) is 25.2. The number of amides is 1. The number of rotatable bonds is 5. The zero-order valence-corrected chi connectivity index (χ0v) is 21.6. The van der Waals surface area contributed by atoms with Crippen LogP contribution < -0.4 is 5.32 Å². The highest BCUT2D eigenvalue weighted by Gasteiger charge is 2.27. The molecule has 0 spiro atoms. The largest absolute Gasteiger partial charge is 0.494 e. The predicted molar refractivity (Wildman–Crippen MR) is 147 cm³/mol. The van der Waals surface area contributed by atoms with Gasteiger partial charge in [0.25, 0.3) is 5.91 Å². The molecule has 8 heteroatoms. The Kier molecular flexibility index (Phi) is 6.98. The number of carbonyl (C=O) groups excluding carboxylic acids is 2. The standard InChI is InChI=1S/C30H30N4O4/c1-18-17-34(19(2)16-31-18)29(36)21-9-12-23(13-10-21)32-27(20-7-5-4-6-8-20)26-24-14-11-22(30(37)38-3)15-25(24)33-28(26)35/h4-15,18-19,31,33,35H,16-17H2,1-3H3/t18-,19+/m0/s1. The van der Waals surface area contributed by atoms with Gasteiger partial charge in [-0.15, -0.1) is 0 Å². The van der Waals surface area contributed by atoms with Crippen molar-refractivity contribution in [3.05, 3.63) is 95.1 Å². The lowest BCUT2D eigenvalue weighted by Gasteiger charge is -2.37. The molecule has 0 radical (unpaired) electrons. The number of hydrogen-bond donors (Lipinski definition) is 3. The normalized spacial score (nSPS) is 18.0. The molecule has 8 nitrogen and oxygen atoms in total. The Hall–Kier alpha value is -4.43. The maximum Gasteiger partial charge on any atom is 0.337 e. The van der Waals surface area contributed by atoms with Crippen LogP contribution in [0.2, 0.25) is 0 Å². The van der Waals surface area contributed by atoms with Gasteiger partial charge in [0.05, 0.1) is 29.6 Å². The van der Waals surface area contributed by atoms with Crippen LogP contribution in [0.1, 0.15) is 45.7 Å². The summed E-state index contributed by atoms with van der Waals surface area (Å²) in [6.45, 7) is 5.55. The minimum absolute atomic E-state index is 0.000320. The first-order chi connectivity index (χ1) is 18.4. The summed E-state index contributed by atoms with van der Waals surface area (Å²) in [4.78, 5) is 35.0. The average molecular weight is 511 g/mol. The van der Waals surface area contributed by atoms with Crippen molar-refractivity contribution >= 4 is 34.2 Å². The maximum absolute atomic E-state index is 13.2. The Morgan fingerprint density at radius 1 is 0.974 bits per heavy atom. The molecule has 0 aliphatic carbocycles. The van der Waals surface area contributed by atoms with E-state index in [1.807, 2.05) is 54.3 Å². The fourth-order valence-corrected chi connectivity index (χ4v) is 4.81. The Bertz CT molecular complexity index is 1510. The number of methoxy groups -OCH3 is 1. The van der Waals surface area contributed by atoms with E-state index in [9.17, 15) is 14.7 Å². The van der Waals surface area contributed by atoms with Crippen LogP contribution in [0.25, 0.3) is 10.9 Å². The van der Waals surface area contributed by atoms with E-state index in [0.29, 0.717) is 45.5 Å². The van der Waals surface area contributed by atoms with Gasteiger partial charge in [-0.3, -0.25) is 4.79 Å². The van der Waals surface area contributed by atoms with E-state index in [0.717, 1.165) is 12.1 Å². The van der Waals surface area contributed by atoms with E-state index in [2.05, 4.69) is 17.2 Å². The molecule has 0 unspecified atom stereocenters. The summed E-state index contributed by atoms with van der Waals surface area (Å²) >= 11 is 0. The molecule has 1 aliphatic heterocycles. The SMILES string of the molecule is COC(=O)c1ccc2c(C(=Nc3ccc(C(=O)N4C[C@H](C)NC[C@H]4C)cc3)c3ccccc3)c(O)[nH]c2c1. The zero-order valence-electron chi connectivity index (χ0n) is 21.6. The van der Waals surface area contributed by atoms with Crippen LogP contribution in [0.15, 0.2) is 77.8 Å². The summed E-state index contributed by atoms with van der Waals surface area (Å²) in [5, 5.41) is 15.0. The summed E-state index contributed by atoms with van der Waals surface area (Å²) in [6.07, 6.45) is 0. The Morgan fingerprint density at radius 3 is 2.39 bits per heavy atom. The second kappa shape index (κ2) is 10.5. The molecule has 1 aromatic heterocycles. The Balaban J connectivity index is 1.54. The van der Waals surface area contributed by atoms with Gasteiger partial charge in [0.1, 0.15) is 0 Å². The van der Waals surface area contributed by atoms with Gasteiger partial charge in [-0.05, 0) is 50.2 Å². The van der Waals surface area contributed by atoms with E-state index in [1.54, 1.807) is 30.3 Å². The number of benzene rings is 3. The second-order valence-corrected chi connectivity index (χ2v) is 9.59. The minimum atomic E-state index is -0.459. The van der Waals surface area contributed by atoms with Crippen molar-refractivity contribution in [2.24, 2.45) is 4.99 Å². The molecule has 1 saturated heterocycles. The molecular weight excluding hydrogens is 480 g/mol. The lowest BCUT2D eigenvalue weighted by Crippen LogP contribution is -2.56. The van der Waals surface area contributed by atoms with Gasteiger partial charge in [0.15, 0.2) is 5.88 Å². The van der Waals surface area contributed by atoms with Crippen LogP contribution in [-0.4, -0.2) is 64.9 Å². The first-order valence-electron chi connectivity index (χ1n) is 12.6. The lowest BCUT2D eigenvalue weighted by molar-refractivity contribution is 0.0597. The van der Waals surface area contributed by atoms with E-state index >= 15 is 0 Å². The summed E-state index contributed by atoms with van der Waals surface area (Å²) in [6, 6.07) is 22.2. The van der Waals surface area contributed by atoms with Crippen LogP contribution in [0.3, 0.4) is 0 Å². The van der Waals surface area contributed by atoms with Crippen molar-refractivity contribution < 1.29 is 19.4 Å². The number of nitrogens with zero attached hydrogens (tertiary/aromatic N) is 2. The summed E-state index contributed by atoms with van der Waals surface area (Å²) in [5.41, 5.74) is 4.10. The van der Waals surface area contributed by atoms with Crippen molar-refractivity contribution in [2.75, 3.05) is 20.2 Å².